The number of hydrogen-bond donors (Lipinski definition) is 1. The second-order valence-electron chi connectivity index (χ2n) is 1.23. The standard InChI is InChI=1S/C3H8.C2H4OS/c1-3-2;1-2(3)4/h3H2,1-2H3;1H3,(H,3,4). The summed E-state index contributed by atoms with van der Waals surface area (Å²) in [6, 6.07) is 0. The van der Waals surface area contributed by atoms with Gasteiger partial charge in [0, 0.05) is 6.92 Å². The van der Waals surface area contributed by atoms with Crippen LogP contribution in [0.3, 0.4) is 0 Å². The molecule has 0 heterocycles. The lowest BCUT2D eigenvalue weighted by Crippen LogP contribution is -1.62. The van der Waals surface area contributed by atoms with E-state index < -0.39 is 0 Å². The highest BCUT2D eigenvalue weighted by Crippen LogP contribution is 1.66. The van der Waals surface area contributed by atoms with Crippen LogP contribution in [0.5, 0.6) is 0 Å². The molecule has 0 saturated carbocycles. The highest BCUT2D eigenvalue weighted by molar-refractivity contribution is 7.96. The number of thiol groups is 1. The molecule has 0 spiro atoms. The molecule has 0 aliphatic carbocycles. The first-order valence-electron chi connectivity index (χ1n) is 2.34. The van der Waals surface area contributed by atoms with Crippen molar-refractivity contribution >= 4 is 17.7 Å². The Hall–Kier alpha value is 0.0200. The lowest BCUT2D eigenvalue weighted by Gasteiger charge is -1.55. The second kappa shape index (κ2) is 9.39. The van der Waals surface area contributed by atoms with Crippen LogP contribution in [-0.2, 0) is 4.79 Å². The Balaban J connectivity index is 0. The van der Waals surface area contributed by atoms with E-state index in [0.29, 0.717) is 0 Å². The Labute approximate surface area is 50.5 Å². The predicted octanol–water partition coefficient (Wildman–Crippen LogP) is 1.88. The number of hydrogen-bond acceptors (Lipinski definition) is 1. The van der Waals surface area contributed by atoms with Crippen molar-refractivity contribution in [2.24, 2.45) is 0 Å². The topological polar surface area (TPSA) is 17.1 Å². The van der Waals surface area contributed by atoms with Gasteiger partial charge >= 0.3 is 0 Å². The molecule has 0 aromatic rings. The zero-order valence-electron chi connectivity index (χ0n) is 5.06. The van der Waals surface area contributed by atoms with Crippen LogP contribution in [-0.4, -0.2) is 5.12 Å². The summed E-state index contributed by atoms with van der Waals surface area (Å²) in [6.45, 7) is 5.64. The van der Waals surface area contributed by atoms with Crippen molar-refractivity contribution in [3.05, 3.63) is 0 Å². The predicted molar refractivity (Wildman–Crippen MR) is 35.6 cm³/mol. The van der Waals surface area contributed by atoms with Crippen LogP contribution >= 0.6 is 12.6 Å². The first-order valence-corrected chi connectivity index (χ1v) is 2.79. The summed E-state index contributed by atoms with van der Waals surface area (Å²) < 4.78 is 0. The van der Waals surface area contributed by atoms with Gasteiger partial charge in [-0.1, -0.05) is 20.3 Å². The molecule has 0 rings (SSSR count). The fourth-order valence-corrected chi connectivity index (χ4v) is 0. The summed E-state index contributed by atoms with van der Waals surface area (Å²) in [5, 5.41) is -0.139. The summed E-state index contributed by atoms with van der Waals surface area (Å²) in [4.78, 5) is 9.31. The highest BCUT2D eigenvalue weighted by Gasteiger charge is 1.63. The van der Waals surface area contributed by atoms with Gasteiger partial charge < -0.3 is 0 Å². The van der Waals surface area contributed by atoms with E-state index in [9.17, 15) is 4.79 Å². The number of rotatable bonds is 0. The van der Waals surface area contributed by atoms with Crippen molar-refractivity contribution in [2.75, 3.05) is 0 Å². The normalized spacial score (nSPS) is 6.29. The van der Waals surface area contributed by atoms with Crippen LogP contribution in [0.2, 0.25) is 0 Å². The Kier molecular flexibility index (Phi) is 13.5. The van der Waals surface area contributed by atoms with Gasteiger partial charge in [0.15, 0.2) is 5.12 Å². The van der Waals surface area contributed by atoms with Crippen molar-refractivity contribution in [3.63, 3.8) is 0 Å². The molecule has 0 amide bonds. The third kappa shape index (κ3) is 243000. The van der Waals surface area contributed by atoms with Crippen LogP contribution in [0.4, 0.5) is 0 Å². The third-order valence-corrected chi connectivity index (χ3v) is 0. The van der Waals surface area contributed by atoms with E-state index >= 15 is 0 Å². The molecular weight excluding hydrogens is 108 g/mol. The van der Waals surface area contributed by atoms with E-state index in [0.717, 1.165) is 0 Å². The monoisotopic (exact) mass is 120 g/mol. The molecule has 0 aliphatic rings. The average Bonchev–Trinajstić information content (AvgIpc) is 1.33. The smallest absolute Gasteiger partial charge is 0.182 e. The minimum Gasteiger partial charge on any atom is -0.288 e. The van der Waals surface area contributed by atoms with E-state index in [4.69, 9.17) is 0 Å². The fraction of sp³-hybridized carbons (Fsp3) is 0.800. The molecule has 0 fully saturated rings. The van der Waals surface area contributed by atoms with Gasteiger partial charge in [0.05, 0.1) is 0 Å². The van der Waals surface area contributed by atoms with E-state index in [1.165, 1.54) is 13.3 Å². The second-order valence-corrected chi connectivity index (χ2v) is 1.86. The minimum atomic E-state index is -0.139. The Morgan fingerprint density at radius 1 is 1.57 bits per heavy atom. The molecule has 7 heavy (non-hydrogen) atoms. The van der Waals surface area contributed by atoms with Gasteiger partial charge in [-0.3, -0.25) is 4.79 Å². The van der Waals surface area contributed by atoms with Crippen LogP contribution in [0.25, 0.3) is 0 Å². The van der Waals surface area contributed by atoms with Gasteiger partial charge in [0.2, 0.25) is 0 Å². The molecule has 0 unspecified atom stereocenters. The maximum Gasteiger partial charge on any atom is 0.182 e. The average molecular weight is 120 g/mol. The Morgan fingerprint density at radius 3 is 1.57 bits per heavy atom. The zero-order valence-corrected chi connectivity index (χ0v) is 5.96. The zero-order chi connectivity index (χ0) is 6.28. The van der Waals surface area contributed by atoms with E-state index in [1.807, 2.05) is 0 Å². The van der Waals surface area contributed by atoms with E-state index in [-0.39, 0.29) is 5.12 Å². The molecular formula is C5H12OS. The molecule has 0 aromatic carbocycles. The van der Waals surface area contributed by atoms with Crippen LogP contribution in [0.15, 0.2) is 0 Å². The van der Waals surface area contributed by atoms with Gasteiger partial charge in [0.1, 0.15) is 0 Å². The molecule has 0 bridgehead atoms. The van der Waals surface area contributed by atoms with Gasteiger partial charge in [-0.2, -0.15) is 0 Å². The van der Waals surface area contributed by atoms with Crippen molar-refractivity contribution < 1.29 is 4.79 Å². The highest BCUT2D eigenvalue weighted by atomic mass is 32.1. The summed E-state index contributed by atoms with van der Waals surface area (Å²) in [5.41, 5.74) is 0. The van der Waals surface area contributed by atoms with Crippen LogP contribution in [0.1, 0.15) is 27.2 Å². The summed E-state index contributed by atoms with van der Waals surface area (Å²) >= 11 is 3.33. The quantitative estimate of drug-likeness (QED) is 0.483. The SMILES string of the molecule is CC(=O)S.CCC. The molecule has 0 atom stereocenters. The molecule has 2 heteroatoms. The molecule has 0 N–H and O–H groups in total. The molecule has 0 saturated heterocycles. The molecule has 0 radical (unpaired) electrons. The largest absolute Gasteiger partial charge is 0.288 e. The van der Waals surface area contributed by atoms with Crippen LogP contribution in [0, 0.1) is 0 Å². The van der Waals surface area contributed by atoms with Crippen molar-refractivity contribution in [1.29, 1.82) is 0 Å². The minimum absolute atomic E-state index is 0.139. The van der Waals surface area contributed by atoms with Gasteiger partial charge in [-0.25, -0.2) is 0 Å². The van der Waals surface area contributed by atoms with Crippen molar-refractivity contribution in [2.45, 2.75) is 27.2 Å². The van der Waals surface area contributed by atoms with E-state index in [2.05, 4.69) is 26.5 Å². The van der Waals surface area contributed by atoms with Gasteiger partial charge in [0.25, 0.3) is 0 Å². The Morgan fingerprint density at radius 2 is 1.57 bits per heavy atom. The molecule has 0 aliphatic heterocycles. The fourth-order valence-electron chi connectivity index (χ4n) is 0. The maximum atomic E-state index is 9.31. The van der Waals surface area contributed by atoms with Crippen molar-refractivity contribution in [3.8, 4) is 0 Å². The first kappa shape index (κ1) is 10.1. The number of carbonyl (C=O) groups excluding carboxylic acids is 1. The van der Waals surface area contributed by atoms with E-state index in [1.54, 1.807) is 0 Å². The van der Waals surface area contributed by atoms with Crippen LogP contribution < -0.4 is 0 Å². The van der Waals surface area contributed by atoms with Gasteiger partial charge in [-0.15, -0.1) is 12.6 Å². The van der Waals surface area contributed by atoms with Gasteiger partial charge in [-0.05, 0) is 0 Å². The lowest BCUT2D eigenvalue weighted by molar-refractivity contribution is -0.108. The Bertz CT molecular complexity index is 39.3. The lowest BCUT2D eigenvalue weighted by atomic mass is 10.6. The summed E-state index contributed by atoms with van der Waals surface area (Å²) in [5.74, 6) is 0. The maximum absolute atomic E-state index is 9.31. The summed E-state index contributed by atoms with van der Waals surface area (Å²) in [7, 11) is 0. The first-order chi connectivity index (χ1) is 3.15. The summed E-state index contributed by atoms with van der Waals surface area (Å²) in [6.07, 6.45) is 1.25. The van der Waals surface area contributed by atoms with Crippen molar-refractivity contribution in [1.82, 2.24) is 0 Å². The molecule has 44 valence electrons. The number of carbonyl (C=O) groups is 1. The molecule has 0 aromatic heterocycles. The molecule has 1 nitrogen and oxygen atoms in total. The third-order valence-electron chi connectivity index (χ3n) is 0.